The molecule has 25 heavy (non-hydrogen) atoms. The molecule has 0 fully saturated rings. The van der Waals surface area contributed by atoms with Gasteiger partial charge in [0, 0.05) is 6.54 Å². The molecule has 1 aromatic rings. The first-order valence-electron chi connectivity index (χ1n) is 8.04. The number of amides is 2. The maximum absolute atomic E-state index is 13.8. The summed E-state index contributed by atoms with van der Waals surface area (Å²) in [5, 5.41) is 2.54. The molecule has 1 atom stereocenters. The molecule has 0 saturated heterocycles. The average Bonchev–Trinajstić information content (AvgIpc) is 2.52. The Balaban J connectivity index is 1.87. The van der Waals surface area contributed by atoms with E-state index in [2.05, 4.69) is 5.32 Å². The monoisotopic (exact) mass is 350 g/mol. The number of carbonyl (C=O) groups is 2. The van der Waals surface area contributed by atoms with Gasteiger partial charge in [0.15, 0.2) is 0 Å². The van der Waals surface area contributed by atoms with Gasteiger partial charge >= 0.3 is 12.2 Å². The molecule has 0 spiro atoms. The summed E-state index contributed by atoms with van der Waals surface area (Å²) in [5.74, 6) is -0.509. The van der Waals surface area contributed by atoms with Crippen LogP contribution in [0.1, 0.15) is 26.3 Å². The second-order valence-corrected chi connectivity index (χ2v) is 6.79. The Morgan fingerprint density at radius 1 is 1.28 bits per heavy atom. The van der Waals surface area contributed by atoms with E-state index in [0.29, 0.717) is 0 Å². The first-order chi connectivity index (χ1) is 11.7. The number of hydrogen-bond acceptors (Lipinski definition) is 4. The van der Waals surface area contributed by atoms with Crippen LogP contribution in [0.15, 0.2) is 42.2 Å². The summed E-state index contributed by atoms with van der Waals surface area (Å²) < 4.78 is 24.1. The Hall–Kier alpha value is -2.57. The summed E-state index contributed by atoms with van der Waals surface area (Å²) in [4.78, 5) is 25.2. The third kappa shape index (κ3) is 6.45. The molecule has 136 valence electrons. The molecule has 0 aromatic heterocycles. The standard InChI is InChI=1S/C18H23FN2O4/c1-18(2,3)25-17(23)21-10-14(19)9-15(11-21)20-16(22)24-12-13-7-5-4-6-8-13/h4-9,15H,10-12H2,1-3H3,(H,20,22)/t15-/m0/s1. The predicted octanol–water partition coefficient (Wildman–Crippen LogP) is 3.39. The average molecular weight is 350 g/mol. The van der Waals surface area contributed by atoms with E-state index < -0.39 is 29.7 Å². The van der Waals surface area contributed by atoms with Crippen molar-refractivity contribution >= 4 is 12.2 Å². The van der Waals surface area contributed by atoms with E-state index in [9.17, 15) is 14.0 Å². The maximum Gasteiger partial charge on any atom is 0.410 e. The summed E-state index contributed by atoms with van der Waals surface area (Å²) in [6, 6.07) is 8.53. The van der Waals surface area contributed by atoms with Gasteiger partial charge in [-0.25, -0.2) is 14.0 Å². The van der Waals surface area contributed by atoms with Gasteiger partial charge in [0.1, 0.15) is 18.0 Å². The van der Waals surface area contributed by atoms with E-state index in [1.54, 1.807) is 20.8 Å². The largest absolute Gasteiger partial charge is 0.445 e. The van der Waals surface area contributed by atoms with Crippen LogP contribution in [0.3, 0.4) is 0 Å². The number of hydrogen-bond donors (Lipinski definition) is 1. The van der Waals surface area contributed by atoms with Crippen LogP contribution in [0.25, 0.3) is 0 Å². The highest BCUT2D eigenvalue weighted by atomic mass is 19.1. The molecule has 0 aliphatic carbocycles. The number of nitrogens with zero attached hydrogens (tertiary/aromatic N) is 1. The van der Waals surface area contributed by atoms with Crippen LogP contribution in [0.4, 0.5) is 14.0 Å². The Morgan fingerprint density at radius 3 is 2.60 bits per heavy atom. The summed E-state index contributed by atoms with van der Waals surface area (Å²) in [6.45, 7) is 5.25. The Labute approximate surface area is 146 Å². The maximum atomic E-state index is 13.8. The SMILES string of the molecule is CC(C)(C)OC(=O)N1CC(F)=C[C@H](NC(=O)OCc2ccccc2)C1. The zero-order valence-corrected chi connectivity index (χ0v) is 14.6. The fourth-order valence-corrected chi connectivity index (χ4v) is 2.28. The number of nitrogens with one attached hydrogen (secondary N) is 1. The molecule has 6 nitrogen and oxygen atoms in total. The van der Waals surface area contributed by atoms with Crippen molar-refractivity contribution in [1.82, 2.24) is 10.2 Å². The lowest BCUT2D eigenvalue weighted by atomic mass is 10.1. The van der Waals surface area contributed by atoms with Crippen LogP contribution in [-0.2, 0) is 16.1 Å². The second kappa shape index (κ2) is 8.00. The highest BCUT2D eigenvalue weighted by molar-refractivity contribution is 5.70. The Kier molecular flexibility index (Phi) is 6.01. The zero-order valence-electron chi connectivity index (χ0n) is 14.6. The third-order valence-electron chi connectivity index (χ3n) is 3.31. The van der Waals surface area contributed by atoms with Crippen molar-refractivity contribution in [2.24, 2.45) is 0 Å². The summed E-state index contributed by atoms with van der Waals surface area (Å²) in [5.41, 5.74) is 0.171. The van der Waals surface area contributed by atoms with Crippen LogP contribution in [-0.4, -0.2) is 41.8 Å². The van der Waals surface area contributed by atoms with Crippen molar-refractivity contribution in [2.45, 2.75) is 39.0 Å². The number of ether oxygens (including phenoxy) is 2. The molecule has 0 saturated carbocycles. The smallest absolute Gasteiger partial charge is 0.410 e. The first-order valence-corrected chi connectivity index (χ1v) is 8.04. The van der Waals surface area contributed by atoms with Crippen molar-refractivity contribution in [3.63, 3.8) is 0 Å². The third-order valence-corrected chi connectivity index (χ3v) is 3.31. The van der Waals surface area contributed by atoms with E-state index in [-0.39, 0.29) is 19.7 Å². The van der Waals surface area contributed by atoms with Crippen LogP contribution in [0.2, 0.25) is 0 Å². The molecular weight excluding hydrogens is 327 g/mol. The number of carbonyl (C=O) groups excluding carboxylic acids is 2. The van der Waals surface area contributed by atoms with Gasteiger partial charge < -0.3 is 14.8 Å². The van der Waals surface area contributed by atoms with E-state index in [4.69, 9.17) is 9.47 Å². The van der Waals surface area contributed by atoms with E-state index in [0.717, 1.165) is 5.56 Å². The summed E-state index contributed by atoms with van der Waals surface area (Å²) >= 11 is 0. The minimum Gasteiger partial charge on any atom is -0.445 e. The number of alkyl carbamates (subject to hydrolysis) is 1. The van der Waals surface area contributed by atoms with Crippen molar-refractivity contribution in [3.8, 4) is 0 Å². The van der Waals surface area contributed by atoms with E-state index in [1.807, 2.05) is 30.3 Å². The van der Waals surface area contributed by atoms with Gasteiger partial charge in [-0.3, -0.25) is 4.90 Å². The predicted molar refractivity (Wildman–Crippen MR) is 90.5 cm³/mol. The molecule has 1 aliphatic heterocycles. The minimum absolute atomic E-state index is 0.112. The van der Waals surface area contributed by atoms with Crippen molar-refractivity contribution in [2.75, 3.05) is 13.1 Å². The lowest BCUT2D eigenvalue weighted by molar-refractivity contribution is 0.0232. The number of benzene rings is 1. The minimum atomic E-state index is -0.677. The van der Waals surface area contributed by atoms with Gasteiger partial charge in [0.25, 0.3) is 0 Å². The van der Waals surface area contributed by atoms with Gasteiger partial charge in [0.2, 0.25) is 0 Å². The Bertz CT molecular complexity index is 640. The van der Waals surface area contributed by atoms with Gasteiger partial charge in [-0.15, -0.1) is 0 Å². The summed E-state index contributed by atoms with van der Waals surface area (Å²) in [7, 11) is 0. The Morgan fingerprint density at radius 2 is 1.96 bits per heavy atom. The van der Waals surface area contributed by atoms with Crippen LogP contribution in [0.5, 0.6) is 0 Å². The van der Waals surface area contributed by atoms with Crippen LogP contribution < -0.4 is 5.32 Å². The lowest BCUT2D eigenvalue weighted by Crippen LogP contribution is -2.49. The van der Waals surface area contributed by atoms with Crippen LogP contribution >= 0.6 is 0 Å². The fourth-order valence-electron chi connectivity index (χ4n) is 2.28. The van der Waals surface area contributed by atoms with E-state index >= 15 is 0 Å². The van der Waals surface area contributed by atoms with Crippen molar-refractivity contribution in [1.29, 1.82) is 0 Å². The van der Waals surface area contributed by atoms with Gasteiger partial charge in [-0.05, 0) is 32.4 Å². The highest BCUT2D eigenvalue weighted by Gasteiger charge is 2.29. The molecular formula is C18H23FN2O4. The van der Waals surface area contributed by atoms with E-state index in [1.165, 1.54) is 11.0 Å². The topological polar surface area (TPSA) is 67.9 Å². The molecule has 2 rings (SSSR count). The number of halogens is 1. The first kappa shape index (κ1) is 18.8. The normalized spacial score (nSPS) is 17.5. The molecule has 1 heterocycles. The van der Waals surface area contributed by atoms with Crippen LogP contribution in [0, 0.1) is 0 Å². The zero-order chi connectivity index (χ0) is 18.4. The highest BCUT2D eigenvalue weighted by Crippen LogP contribution is 2.16. The molecule has 0 bridgehead atoms. The molecule has 2 amide bonds. The quantitative estimate of drug-likeness (QED) is 0.907. The molecule has 0 unspecified atom stereocenters. The van der Waals surface area contributed by atoms with Gasteiger partial charge in [-0.1, -0.05) is 30.3 Å². The molecule has 1 aromatic carbocycles. The van der Waals surface area contributed by atoms with Crippen molar-refractivity contribution in [3.05, 3.63) is 47.8 Å². The van der Waals surface area contributed by atoms with Crippen molar-refractivity contribution < 1.29 is 23.5 Å². The molecule has 0 radical (unpaired) electrons. The van der Waals surface area contributed by atoms with Gasteiger partial charge in [0.05, 0.1) is 12.6 Å². The molecule has 1 N–H and O–H groups in total. The fraction of sp³-hybridized carbons (Fsp3) is 0.444. The molecule has 1 aliphatic rings. The summed E-state index contributed by atoms with van der Waals surface area (Å²) in [6.07, 6.45) is -0.0332. The number of rotatable bonds is 3. The lowest BCUT2D eigenvalue weighted by Gasteiger charge is -2.32. The second-order valence-electron chi connectivity index (χ2n) is 6.79. The van der Waals surface area contributed by atoms with Gasteiger partial charge in [-0.2, -0.15) is 0 Å². The molecule has 7 heteroatoms.